The highest BCUT2D eigenvalue weighted by atomic mass is 79.9. The molecule has 1 aliphatic rings. The number of carbonyl (C=O) groups is 2. The molecule has 140 valence electrons. The third kappa shape index (κ3) is 4.22. The van der Waals surface area contributed by atoms with Crippen LogP contribution in [-0.4, -0.2) is 32.5 Å². The molecule has 1 amide bonds. The standard InChI is InChI=1S/C21H20BrNO4/c1-26-19-12-14(17(22)13-20(19)27-2)8-9-18(24)15-5-3-6-16(11-15)23-10-4-7-21(23)25/h3,5-6,8-9,11-13H,4,7,10H2,1-2H3. The average molecular weight is 430 g/mol. The molecule has 5 nitrogen and oxygen atoms in total. The molecule has 0 N–H and O–H groups in total. The maximum Gasteiger partial charge on any atom is 0.227 e. The van der Waals surface area contributed by atoms with Crippen molar-refractivity contribution >= 4 is 39.4 Å². The molecule has 0 atom stereocenters. The van der Waals surface area contributed by atoms with E-state index in [9.17, 15) is 9.59 Å². The van der Waals surface area contributed by atoms with Crippen molar-refractivity contribution < 1.29 is 19.1 Å². The van der Waals surface area contributed by atoms with Gasteiger partial charge in [-0.25, -0.2) is 0 Å². The zero-order valence-electron chi connectivity index (χ0n) is 15.2. The van der Waals surface area contributed by atoms with Crippen molar-refractivity contribution in [2.24, 2.45) is 0 Å². The number of halogens is 1. The number of hydrogen-bond acceptors (Lipinski definition) is 4. The summed E-state index contributed by atoms with van der Waals surface area (Å²) in [6.45, 7) is 0.699. The van der Waals surface area contributed by atoms with E-state index in [1.165, 1.54) is 6.08 Å². The van der Waals surface area contributed by atoms with Gasteiger partial charge in [0, 0.05) is 28.7 Å². The Morgan fingerprint density at radius 1 is 1.15 bits per heavy atom. The van der Waals surface area contributed by atoms with Gasteiger partial charge in [-0.2, -0.15) is 0 Å². The van der Waals surface area contributed by atoms with E-state index in [1.54, 1.807) is 55.5 Å². The predicted octanol–water partition coefficient (Wildman–Crippen LogP) is 4.49. The number of benzene rings is 2. The summed E-state index contributed by atoms with van der Waals surface area (Å²) < 4.78 is 11.4. The minimum atomic E-state index is -0.134. The van der Waals surface area contributed by atoms with E-state index in [1.807, 2.05) is 6.07 Å². The van der Waals surface area contributed by atoms with E-state index >= 15 is 0 Å². The third-order valence-corrected chi connectivity index (χ3v) is 5.12. The second-order valence-electron chi connectivity index (χ2n) is 6.13. The van der Waals surface area contributed by atoms with Crippen LogP contribution >= 0.6 is 15.9 Å². The van der Waals surface area contributed by atoms with E-state index in [0.717, 1.165) is 22.1 Å². The van der Waals surface area contributed by atoms with Crippen molar-refractivity contribution in [2.45, 2.75) is 12.8 Å². The van der Waals surface area contributed by atoms with E-state index in [2.05, 4.69) is 15.9 Å². The van der Waals surface area contributed by atoms with Gasteiger partial charge >= 0.3 is 0 Å². The maximum atomic E-state index is 12.6. The van der Waals surface area contributed by atoms with Crippen LogP contribution in [0.25, 0.3) is 6.08 Å². The molecule has 0 spiro atoms. The second-order valence-corrected chi connectivity index (χ2v) is 6.98. The Morgan fingerprint density at radius 2 is 1.89 bits per heavy atom. The highest BCUT2D eigenvalue weighted by Gasteiger charge is 2.22. The molecular formula is C21H20BrNO4. The van der Waals surface area contributed by atoms with Crippen LogP contribution in [0, 0.1) is 0 Å². The van der Waals surface area contributed by atoms with Gasteiger partial charge < -0.3 is 14.4 Å². The first-order chi connectivity index (χ1) is 13.0. The fourth-order valence-electron chi connectivity index (χ4n) is 3.01. The maximum absolute atomic E-state index is 12.6. The second kappa shape index (κ2) is 8.39. The van der Waals surface area contributed by atoms with Crippen LogP contribution in [0.3, 0.4) is 0 Å². The van der Waals surface area contributed by atoms with Gasteiger partial charge in [-0.3, -0.25) is 9.59 Å². The van der Waals surface area contributed by atoms with Gasteiger partial charge in [-0.05, 0) is 48.4 Å². The Hall–Kier alpha value is -2.60. The largest absolute Gasteiger partial charge is 0.493 e. The number of ketones is 1. The van der Waals surface area contributed by atoms with Crippen LogP contribution in [-0.2, 0) is 4.79 Å². The molecule has 1 heterocycles. The number of ether oxygens (including phenoxy) is 2. The zero-order valence-corrected chi connectivity index (χ0v) is 16.8. The molecule has 3 rings (SSSR count). The summed E-state index contributed by atoms with van der Waals surface area (Å²) in [7, 11) is 3.14. The highest BCUT2D eigenvalue weighted by Crippen LogP contribution is 2.34. The monoisotopic (exact) mass is 429 g/mol. The van der Waals surface area contributed by atoms with Crippen molar-refractivity contribution in [1.82, 2.24) is 0 Å². The minimum absolute atomic E-state index is 0.101. The molecule has 1 saturated heterocycles. The number of allylic oxidation sites excluding steroid dienone is 1. The van der Waals surface area contributed by atoms with Crippen molar-refractivity contribution in [3.8, 4) is 11.5 Å². The van der Waals surface area contributed by atoms with Crippen LogP contribution in [0.4, 0.5) is 5.69 Å². The minimum Gasteiger partial charge on any atom is -0.493 e. The molecule has 6 heteroatoms. The lowest BCUT2D eigenvalue weighted by atomic mass is 10.1. The van der Waals surface area contributed by atoms with Crippen LogP contribution in [0.15, 0.2) is 46.9 Å². The molecule has 0 saturated carbocycles. The van der Waals surface area contributed by atoms with Crippen molar-refractivity contribution in [3.05, 3.63) is 58.1 Å². The SMILES string of the molecule is COc1cc(Br)c(C=CC(=O)c2cccc(N3CCCC3=O)c2)cc1OC. The average Bonchev–Trinajstić information content (AvgIpc) is 3.12. The summed E-state index contributed by atoms with van der Waals surface area (Å²) in [5.41, 5.74) is 2.11. The van der Waals surface area contributed by atoms with Crippen LogP contribution < -0.4 is 14.4 Å². The lowest BCUT2D eigenvalue weighted by Gasteiger charge is -2.16. The van der Waals surface area contributed by atoms with Gasteiger partial charge in [0.05, 0.1) is 14.2 Å². The number of rotatable bonds is 6. The van der Waals surface area contributed by atoms with Gasteiger partial charge in [0.2, 0.25) is 5.91 Å². The molecule has 0 aromatic heterocycles. The fraction of sp³-hybridized carbons (Fsp3) is 0.238. The number of anilines is 1. The molecule has 0 radical (unpaired) electrons. The van der Waals surface area contributed by atoms with Gasteiger partial charge in [0.25, 0.3) is 0 Å². The Kier molecular flexibility index (Phi) is 5.96. The molecule has 0 bridgehead atoms. The summed E-state index contributed by atoms with van der Waals surface area (Å²) in [4.78, 5) is 26.2. The molecule has 1 aliphatic heterocycles. The van der Waals surface area contributed by atoms with Crippen molar-refractivity contribution in [2.75, 3.05) is 25.7 Å². The van der Waals surface area contributed by atoms with Crippen LogP contribution in [0.5, 0.6) is 11.5 Å². The molecule has 1 fully saturated rings. The zero-order chi connectivity index (χ0) is 19.4. The van der Waals surface area contributed by atoms with Gasteiger partial charge in [-0.15, -0.1) is 0 Å². The lowest BCUT2D eigenvalue weighted by molar-refractivity contribution is -0.117. The molecule has 27 heavy (non-hydrogen) atoms. The third-order valence-electron chi connectivity index (χ3n) is 4.43. The summed E-state index contributed by atoms with van der Waals surface area (Å²) in [5.74, 6) is 1.16. The predicted molar refractivity (Wildman–Crippen MR) is 109 cm³/mol. The first kappa shape index (κ1) is 19.2. The summed E-state index contributed by atoms with van der Waals surface area (Å²) in [5, 5.41) is 0. The Balaban J connectivity index is 1.82. The van der Waals surface area contributed by atoms with Gasteiger partial charge in [0.15, 0.2) is 17.3 Å². The molecule has 2 aromatic carbocycles. The van der Waals surface area contributed by atoms with Crippen molar-refractivity contribution in [3.63, 3.8) is 0 Å². The molecular weight excluding hydrogens is 410 g/mol. The number of methoxy groups -OCH3 is 2. The quantitative estimate of drug-likeness (QED) is 0.501. The van der Waals surface area contributed by atoms with E-state index in [4.69, 9.17) is 9.47 Å². The van der Waals surface area contributed by atoms with Crippen molar-refractivity contribution in [1.29, 1.82) is 0 Å². The number of carbonyl (C=O) groups excluding carboxylic acids is 2. The van der Waals surface area contributed by atoms with E-state index in [0.29, 0.717) is 30.0 Å². The van der Waals surface area contributed by atoms with Crippen LogP contribution in [0.2, 0.25) is 0 Å². The number of hydrogen-bond donors (Lipinski definition) is 0. The first-order valence-electron chi connectivity index (χ1n) is 8.58. The number of nitrogens with zero attached hydrogens (tertiary/aromatic N) is 1. The highest BCUT2D eigenvalue weighted by molar-refractivity contribution is 9.10. The van der Waals surface area contributed by atoms with Gasteiger partial charge in [0.1, 0.15) is 0 Å². The molecule has 2 aromatic rings. The lowest BCUT2D eigenvalue weighted by Crippen LogP contribution is -2.23. The number of amides is 1. The normalized spacial score (nSPS) is 14.0. The van der Waals surface area contributed by atoms with Gasteiger partial charge in [-0.1, -0.05) is 28.1 Å². The van der Waals surface area contributed by atoms with Crippen LogP contribution in [0.1, 0.15) is 28.8 Å². The summed E-state index contributed by atoms with van der Waals surface area (Å²) >= 11 is 3.48. The molecule has 0 unspecified atom stereocenters. The summed E-state index contributed by atoms with van der Waals surface area (Å²) in [6, 6.07) is 10.8. The topological polar surface area (TPSA) is 55.8 Å². The Morgan fingerprint density at radius 3 is 2.56 bits per heavy atom. The smallest absolute Gasteiger partial charge is 0.227 e. The Bertz CT molecular complexity index is 907. The molecule has 0 aliphatic carbocycles. The first-order valence-corrected chi connectivity index (χ1v) is 9.37. The fourth-order valence-corrected chi connectivity index (χ4v) is 3.46. The van der Waals surface area contributed by atoms with E-state index in [-0.39, 0.29) is 11.7 Å². The Labute approximate surface area is 166 Å². The summed E-state index contributed by atoms with van der Waals surface area (Å²) in [6.07, 6.45) is 4.65. The van der Waals surface area contributed by atoms with E-state index < -0.39 is 0 Å².